The normalized spacial score (nSPS) is 12.1. The maximum atomic E-state index is 12.5. The van der Waals surface area contributed by atoms with Crippen LogP contribution < -0.4 is 9.60 Å². The van der Waals surface area contributed by atoms with Crippen LogP contribution in [-0.2, 0) is 16.4 Å². The minimum Gasteiger partial charge on any atom is -0.296 e. The molecule has 0 aliphatic rings. The van der Waals surface area contributed by atoms with E-state index >= 15 is 0 Å². The molecule has 0 saturated heterocycles. The smallest absolute Gasteiger partial charge is 0.296 e. The van der Waals surface area contributed by atoms with Gasteiger partial charge in [-0.15, -0.1) is 0 Å². The predicted octanol–water partition coefficient (Wildman–Crippen LogP) is 3.56. The molecular weight excluding hydrogens is 368 g/mol. The van der Waals surface area contributed by atoms with Crippen LogP contribution in [0.3, 0.4) is 0 Å². The van der Waals surface area contributed by atoms with Crippen LogP contribution in [0.1, 0.15) is 31.9 Å². The van der Waals surface area contributed by atoms with Crippen LogP contribution >= 0.6 is 11.3 Å². The Morgan fingerprint density at radius 1 is 1.12 bits per heavy atom. The van der Waals surface area contributed by atoms with Crippen molar-refractivity contribution in [2.24, 2.45) is 0 Å². The second-order valence-corrected chi connectivity index (χ2v) is 9.21. The number of fused-ring (bicyclic) bond motifs is 1. The number of aromatic nitrogens is 1. The molecule has 0 aliphatic heterocycles. The monoisotopic (exact) mass is 390 g/mol. The van der Waals surface area contributed by atoms with Gasteiger partial charge in [0, 0.05) is 12.6 Å². The highest BCUT2D eigenvalue weighted by Gasteiger charge is 2.17. The van der Waals surface area contributed by atoms with Crippen LogP contribution in [-0.4, -0.2) is 19.5 Å². The van der Waals surface area contributed by atoms with Crippen LogP contribution in [0.2, 0.25) is 0 Å². The highest BCUT2D eigenvalue weighted by molar-refractivity contribution is 7.89. The zero-order chi connectivity index (χ0) is 18.7. The average Bonchev–Trinajstić information content (AvgIpc) is 2.94. The van der Waals surface area contributed by atoms with Crippen molar-refractivity contribution in [2.45, 2.75) is 37.6 Å². The Labute approximate surface area is 157 Å². The van der Waals surface area contributed by atoms with Crippen molar-refractivity contribution in [1.29, 1.82) is 0 Å². The molecule has 3 rings (SSSR count). The molecule has 0 spiro atoms. The summed E-state index contributed by atoms with van der Waals surface area (Å²) >= 11 is 1.08. The highest BCUT2D eigenvalue weighted by Crippen LogP contribution is 2.23. The van der Waals surface area contributed by atoms with Gasteiger partial charge in [-0.05, 0) is 50.5 Å². The first kappa shape index (κ1) is 18.8. The molecule has 1 aromatic heterocycles. The van der Waals surface area contributed by atoms with E-state index in [9.17, 15) is 13.2 Å². The number of nitrogens with one attached hydrogen (secondary N) is 1. The number of nitrogens with zero attached hydrogens (tertiary/aromatic N) is 1. The van der Waals surface area contributed by atoms with Gasteiger partial charge in [-0.2, -0.15) is 0 Å². The number of rotatable bonds is 7. The minimum atomic E-state index is -3.58. The molecule has 0 fully saturated rings. The van der Waals surface area contributed by atoms with E-state index < -0.39 is 10.0 Å². The van der Waals surface area contributed by atoms with Crippen molar-refractivity contribution >= 4 is 31.6 Å². The van der Waals surface area contributed by atoms with Crippen LogP contribution in [0, 0.1) is 0 Å². The number of hydrogen-bond donors (Lipinski definition) is 1. The quantitative estimate of drug-likeness (QED) is 0.627. The first-order valence-corrected chi connectivity index (χ1v) is 10.9. The van der Waals surface area contributed by atoms with E-state index in [1.54, 1.807) is 22.8 Å². The van der Waals surface area contributed by atoms with Gasteiger partial charge in [0.25, 0.3) is 0 Å². The fourth-order valence-corrected chi connectivity index (χ4v) is 5.13. The summed E-state index contributed by atoms with van der Waals surface area (Å²) in [5, 5.41) is 0. The number of thiazole rings is 1. The predicted molar refractivity (Wildman–Crippen MR) is 106 cm³/mol. The van der Waals surface area contributed by atoms with Crippen LogP contribution in [0.4, 0.5) is 0 Å². The molecule has 0 saturated carbocycles. The Kier molecular flexibility index (Phi) is 5.60. The maximum Gasteiger partial charge on any atom is 0.308 e. The standard InChI is InChI=1S/C19H22N2O3S2/c1-14(2)21-17-11-10-16(13-18(17)25-19(21)22)26(23,24)20-12-6-9-15-7-4-3-5-8-15/h3-5,7-8,10-11,13-14,20H,6,9,12H2,1-2H3. The molecule has 26 heavy (non-hydrogen) atoms. The van der Waals surface area contributed by atoms with E-state index in [0.717, 1.165) is 29.7 Å². The van der Waals surface area contributed by atoms with Gasteiger partial charge in [0.1, 0.15) is 0 Å². The zero-order valence-electron chi connectivity index (χ0n) is 14.8. The molecule has 1 heterocycles. The van der Waals surface area contributed by atoms with E-state index in [2.05, 4.69) is 4.72 Å². The third kappa shape index (κ3) is 4.06. The highest BCUT2D eigenvalue weighted by atomic mass is 32.2. The van der Waals surface area contributed by atoms with E-state index in [0.29, 0.717) is 11.2 Å². The molecule has 0 amide bonds. The molecule has 0 atom stereocenters. The van der Waals surface area contributed by atoms with E-state index in [4.69, 9.17) is 0 Å². The molecule has 0 aliphatic carbocycles. The number of aryl methyl sites for hydroxylation is 1. The van der Waals surface area contributed by atoms with Crippen LogP contribution in [0.15, 0.2) is 58.2 Å². The molecule has 0 radical (unpaired) electrons. The Morgan fingerprint density at radius 3 is 2.54 bits per heavy atom. The van der Waals surface area contributed by atoms with Crippen LogP contribution in [0.5, 0.6) is 0 Å². The second kappa shape index (κ2) is 7.73. The molecule has 138 valence electrons. The fraction of sp³-hybridized carbons (Fsp3) is 0.316. The molecular formula is C19H22N2O3S2. The Balaban J connectivity index is 1.72. The van der Waals surface area contributed by atoms with Gasteiger partial charge in [-0.3, -0.25) is 9.36 Å². The number of sulfonamides is 1. The fourth-order valence-electron chi connectivity index (χ4n) is 2.90. The van der Waals surface area contributed by atoms with Gasteiger partial charge in [0.05, 0.1) is 15.1 Å². The molecule has 7 heteroatoms. The lowest BCUT2D eigenvalue weighted by molar-refractivity contribution is 0.579. The summed E-state index contributed by atoms with van der Waals surface area (Å²) in [6, 6.07) is 14.9. The maximum absolute atomic E-state index is 12.5. The van der Waals surface area contributed by atoms with Crippen molar-refractivity contribution in [2.75, 3.05) is 6.54 Å². The summed E-state index contributed by atoms with van der Waals surface area (Å²) in [6.07, 6.45) is 1.55. The van der Waals surface area contributed by atoms with Crippen molar-refractivity contribution in [3.8, 4) is 0 Å². The van der Waals surface area contributed by atoms with Crippen molar-refractivity contribution in [3.05, 3.63) is 63.8 Å². The first-order valence-electron chi connectivity index (χ1n) is 8.57. The van der Waals surface area contributed by atoms with E-state index in [1.165, 1.54) is 5.56 Å². The van der Waals surface area contributed by atoms with E-state index in [-0.39, 0.29) is 15.8 Å². The van der Waals surface area contributed by atoms with Crippen LogP contribution in [0.25, 0.3) is 10.2 Å². The Morgan fingerprint density at radius 2 is 1.85 bits per heavy atom. The number of hydrogen-bond acceptors (Lipinski definition) is 4. The average molecular weight is 391 g/mol. The van der Waals surface area contributed by atoms with Gasteiger partial charge in [0.2, 0.25) is 10.0 Å². The number of benzene rings is 2. The Bertz CT molecular complexity index is 1050. The third-order valence-corrected chi connectivity index (χ3v) is 6.57. The summed E-state index contributed by atoms with van der Waals surface area (Å²) < 4.78 is 30.1. The summed E-state index contributed by atoms with van der Waals surface area (Å²) in [7, 11) is -3.58. The van der Waals surface area contributed by atoms with Gasteiger partial charge in [-0.25, -0.2) is 13.1 Å². The lowest BCUT2D eigenvalue weighted by Crippen LogP contribution is -2.25. The first-order chi connectivity index (χ1) is 12.4. The topological polar surface area (TPSA) is 68.2 Å². The largest absolute Gasteiger partial charge is 0.308 e. The van der Waals surface area contributed by atoms with Gasteiger partial charge < -0.3 is 0 Å². The third-order valence-electron chi connectivity index (χ3n) is 4.19. The van der Waals surface area contributed by atoms with Gasteiger partial charge >= 0.3 is 4.87 Å². The lowest BCUT2D eigenvalue weighted by Gasteiger charge is -2.09. The summed E-state index contributed by atoms with van der Waals surface area (Å²) in [5.74, 6) is 0. The Hall–Kier alpha value is -1.96. The van der Waals surface area contributed by atoms with Crippen molar-refractivity contribution < 1.29 is 8.42 Å². The zero-order valence-corrected chi connectivity index (χ0v) is 16.4. The molecule has 0 bridgehead atoms. The summed E-state index contributed by atoms with van der Waals surface area (Å²) in [5.41, 5.74) is 1.96. The molecule has 3 aromatic rings. The van der Waals surface area contributed by atoms with E-state index in [1.807, 2.05) is 44.2 Å². The summed E-state index contributed by atoms with van der Waals surface area (Å²) in [6.45, 7) is 4.25. The lowest BCUT2D eigenvalue weighted by atomic mass is 10.1. The van der Waals surface area contributed by atoms with Gasteiger partial charge in [-0.1, -0.05) is 41.7 Å². The molecule has 2 aromatic carbocycles. The minimum absolute atomic E-state index is 0.0369. The second-order valence-electron chi connectivity index (χ2n) is 6.45. The molecule has 1 N–H and O–H groups in total. The van der Waals surface area contributed by atoms with Crippen molar-refractivity contribution in [3.63, 3.8) is 0 Å². The van der Waals surface area contributed by atoms with Gasteiger partial charge in [0.15, 0.2) is 0 Å². The summed E-state index contributed by atoms with van der Waals surface area (Å²) in [4.78, 5) is 12.2. The SMILES string of the molecule is CC(C)n1c(=O)sc2cc(S(=O)(=O)NCCCc3ccccc3)ccc21. The van der Waals surface area contributed by atoms with Crippen molar-refractivity contribution in [1.82, 2.24) is 9.29 Å². The molecule has 5 nitrogen and oxygen atoms in total. The molecule has 0 unspecified atom stereocenters.